The number of rotatable bonds is 3. The summed E-state index contributed by atoms with van der Waals surface area (Å²) in [6, 6.07) is 11.2. The van der Waals surface area contributed by atoms with Gasteiger partial charge in [-0.25, -0.2) is 8.42 Å². The Morgan fingerprint density at radius 3 is 2.06 bits per heavy atom. The molecule has 1 N–H and O–H groups in total. The Morgan fingerprint density at radius 1 is 0.806 bits per heavy atom. The van der Waals surface area contributed by atoms with Crippen molar-refractivity contribution >= 4 is 26.5 Å². The average Bonchev–Trinajstić information content (AvgIpc) is 2.77. The molecule has 0 atom stereocenters. The van der Waals surface area contributed by atoms with Crippen LogP contribution >= 0.6 is 0 Å². The Labute approximate surface area is 185 Å². The zero-order chi connectivity index (χ0) is 22.1. The van der Waals surface area contributed by atoms with Crippen LogP contribution in [0.2, 0.25) is 0 Å². The highest BCUT2D eigenvalue weighted by Crippen LogP contribution is 2.31. The molecule has 2 aromatic carbocycles. The Kier molecular flexibility index (Phi) is 9.06. The summed E-state index contributed by atoms with van der Waals surface area (Å²) in [4.78, 5) is 2.29. The lowest BCUT2D eigenvalue weighted by molar-refractivity contribution is 0.0455. The predicted octanol–water partition coefficient (Wildman–Crippen LogP) is 1.55. The van der Waals surface area contributed by atoms with Gasteiger partial charge in [0.25, 0.3) is 0 Å². The van der Waals surface area contributed by atoms with E-state index in [0.29, 0.717) is 56.5 Å². The molecule has 0 saturated carbocycles. The van der Waals surface area contributed by atoms with E-state index in [1.165, 1.54) is 4.31 Å². The highest BCUT2D eigenvalue weighted by atomic mass is 32.2. The molecule has 9 heteroatoms. The number of nitrogens with one attached hydrogen (secondary N) is 1. The third-order valence-corrected chi connectivity index (χ3v) is 7.10. The summed E-state index contributed by atoms with van der Waals surface area (Å²) in [5, 5.41) is 4.85. The van der Waals surface area contributed by atoms with Gasteiger partial charge in [0.05, 0.1) is 44.5 Å². The monoisotopic (exact) mass is 451 g/mol. The van der Waals surface area contributed by atoms with E-state index in [1.54, 1.807) is 12.1 Å². The number of ether oxygens (including phenoxy) is 3. The minimum Gasteiger partial charge on any atom is -0.379 e. The molecule has 2 aromatic rings. The number of benzene rings is 2. The fraction of sp³-hybridized carbons (Fsp3) is 0.545. The van der Waals surface area contributed by atoms with E-state index in [9.17, 15) is 8.42 Å². The summed E-state index contributed by atoms with van der Waals surface area (Å²) in [6.45, 7) is 4.65. The van der Waals surface area contributed by atoms with E-state index >= 15 is 0 Å². The summed E-state index contributed by atoms with van der Waals surface area (Å²) in [6.07, 6.45) is 0. The molecule has 0 spiro atoms. The molecule has 0 radical (unpaired) electrons. The molecule has 1 heterocycles. The first-order valence-corrected chi connectivity index (χ1v) is 12.1. The SMILES string of the molecule is CN(C)c1cccc2c(S(=O)(=O)N3CCOCCNCCOCCOCC3)cccc12. The van der Waals surface area contributed by atoms with Crippen LogP contribution in [0.1, 0.15) is 0 Å². The normalized spacial score (nSPS) is 18.9. The van der Waals surface area contributed by atoms with Crippen molar-refractivity contribution in [3.05, 3.63) is 36.4 Å². The smallest absolute Gasteiger partial charge is 0.243 e. The van der Waals surface area contributed by atoms with Gasteiger partial charge in [-0.3, -0.25) is 0 Å². The molecule has 0 aliphatic carbocycles. The molecular weight excluding hydrogens is 418 g/mol. The topological polar surface area (TPSA) is 80.3 Å². The molecule has 1 aliphatic heterocycles. The highest BCUT2D eigenvalue weighted by Gasteiger charge is 2.26. The van der Waals surface area contributed by atoms with Gasteiger partial charge in [-0.2, -0.15) is 4.31 Å². The number of sulfonamides is 1. The van der Waals surface area contributed by atoms with E-state index in [1.807, 2.05) is 43.3 Å². The first kappa shape index (κ1) is 23.9. The molecule has 0 unspecified atom stereocenters. The van der Waals surface area contributed by atoms with Crippen LogP contribution in [-0.4, -0.2) is 92.6 Å². The summed E-state index contributed by atoms with van der Waals surface area (Å²) in [5.41, 5.74) is 0.978. The van der Waals surface area contributed by atoms with Crippen molar-refractivity contribution < 1.29 is 22.6 Å². The summed E-state index contributed by atoms with van der Waals surface area (Å²) in [5.74, 6) is 0. The van der Waals surface area contributed by atoms with Gasteiger partial charge in [0.2, 0.25) is 10.0 Å². The van der Waals surface area contributed by atoms with Crippen LogP contribution in [0.3, 0.4) is 0 Å². The molecule has 1 saturated heterocycles. The van der Waals surface area contributed by atoms with Gasteiger partial charge in [-0.05, 0) is 12.1 Å². The van der Waals surface area contributed by atoms with Crippen molar-refractivity contribution in [2.75, 3.05) is 84.8 Å². The van der Waals surface area contributed by atoms with Crippen LogP contribution in [0.15, 0.2) is 41.3 Å². The van der Waals surface area contributed by atoms with Gasteiger partial charge in [0.1, 0.15) is 0 Å². The van der Waals surface area contributed by atoms with Crippen LogP contribution in [-0.2, 0) is 24.2 Å². The maximum atomic E-state index is 13.6. The Morgan fingerprint density at radius 2 is 1.39 bits per heavy atom. The molecule has 0 amide bonds. The minimum atomic E-state index is -3.74. The third-order valence-electron chi connectivity index (χ3n) is 5.15. The number of hydrogen-bond donors (Lipinski definition) is 1. The molecule has 0 bridgehead atoms. The zero-order valence-corrected chi connectivity index (χ0v) is 19.2. The number of hydrogen-bond acceptors (Lipinski definition) is 7. The van der Waals surface area contributed by atoms with Crippen molar-refractivity contribution in [1.29, 1.82) is 0 Å². The Bertz CT molecular complexity index is 920. The zero-order valence-electron chi connectivity index (χ0n) is 18.4. The van der Waals surface area contributed by atoms with Gasteiger partial charge < -0.3 is 24.4 Å². The van der Waals surface area contributed by atoms with Crippen molar-refractivity contribution in [2.24, 2.45) is 0 Å². The molecule has 1 aliphatic rings. The second-order valence-corrected chi connectivity index (χ2v) is 9.42. The van der Waals surface area contributed by atoms with Crippen molar-refractivity contribution in [1.82, 2.24) is 9.62 Å². The van der Waals surface area contributed by atoms with Crippen molar-refractivity contribution in [3.63, 3.8) is 0 Å². The number of anilines is 1. The van der Waals surface area contributed by atoms with E-state index in [4.69, 9.17) is 14.2 Å². The van der Waals surface area contributed by atoms with Crippen LogP contribution < -0.4 is 10.2 Å². The highest BCUT2D eigenvalue weighted by molar-refractivity contribution is 7.89. The van der Waals surface area contributed by atoms with E-state index in [-0.39, 0.29) is 13.1 Å². The van der Waals surface area contributed by atoms with Gasteiger partial charge in [0.15, 0.2) is 0 Å². The Balaban J connectivity index is 1.85. The summed E-state index contributed by atoms with van der Waals surface area (Å²) < 4.78 is 45.5. The van der Waals surface area contributed by atoms with Crippen molar-refractivity contribution in [2.45, 2.75) is 4.90 Å². The molecule has 172 valence electrons. The lowest BCUT2D eigenvalue weighted by atomic mass is 10.1. The molecular formula is C22H33N3O5S. The van der Waals surface area contributed by atoms with Gasteiger partial charge in [0, 0.05) is 56.7 Å². The minimum absolute atomic E-state index is 0.258. The number of fused-ring (bicyclic) bond motifs is 1. The molecule has 8 nitrogen and oxygen atoms in total. The van der Waals surface area contributed by atoms with E-state index in [2.05, 4.69) is 5.32 Å². The summed E-state index contributed by atoms with van der Waals surface area (Å²) >= 11 is 0. The molecule has 1 fully saturated rings. The van der Waals surface area contributed by atoms with Crippen LogP contribution in [0.5, 0.6) is 0 Å². The van der Waals surface area contributed by atoms with Crippen LogP contribution in [0.25, 0.3) is 10.8 Å². The van der Waals surface area contributed by atoms with Gasteiger partial charge in [-0.15, -0.1) is 0 Å². The predicted molar refractivity (Wildman–Crippen MR) is 122 cm³/mol. The maximum absolute atomic E-state index is 13.6. The van der Waals surface area contributed by atoms with Gasteiger partial charge in [-0.1, -0.05) is 24.3 Å². The molecule has 3 rings (SSSR count). The average molecular weight is 452 g/mol. The molecule has 31 heavy (non-hydrogen) atoms. The fourth-order valence-electron chi connectivity index (χ4n) is 3.54. The standard InChI is InChI=1S/C22H33N3O5S/c1-24(2)21-7-3-6-20-19(21)5-4-8-22(20)31(26,27)25-11-15-28-13-9-23-10-14-29-17-18-30-16-12-25/h3-8,23H,9-18H2,1-2H3. The fourth-order valence-corrected chi connectivity index (χ4v) is 5.16. The van der Waals surface area contributed by atoms with Crippen molar-refractivity contribution in [3.8, 4) is 0 Å². The second kappa shape index (κ2) is 11.8. The Hall–Kier alpha value is -1.75. The first-order valence-electron chi connectivity index (χ1n) is 10.6. The second-order valence-electron chi connectivity index (χ2n) is 7.51. The third kappa shape index (κ3) is 6.38. The van der Waals surface area contributed by atoms with Gasteiger partial charge >= 0.3 is 0 Å². The van der Waals surface area contributed by atoms with E-state index < -0.39 is 10.0 Å². The summed E-state index contributed by atoms with van der Waals surface area (Å²) in [7, 11) is 0.167. The first-order chi connectivity index (χ1) is 15.0. The lowest BCUT2D eigenvalue weighted by Crippen LogP contribution is -2.37. The van der Waals surface area contributed by atoms with Crippen LogP contribution in [0.4, 0.5) is 5.69 Å². The quantitative estimate of drug-likeness (QED) is 0.758. The largest absolute Gasteiger partial charge is 0.379 e. The maximum Gasteiger partial charge on any atom is 0.243 e. The molecule has 0 aromatic heterocycles. The van der Waals surface area contributed by atoms with Crippen LogP contribution in [0, 0.1) is 0 Å². The van der Waals surface area contributed by atoms with E-state index in [0.717, 1.165) is 17.6 Å². The lowest BCUT2D eigenvalue weighted by Gasteiger charge is -2.24. The number of nitrogens with zero attached hydrogens (tertiary/aromatic N) is 2.